The Balaban J connectivity index is 1.52. The summed E-state index contributed by atoms with van der Waals surface area (Å²) in [5, 5.41) is 8.56. The lowest BCUT2D eigenvalue weighted by molar-refractivity contribution is 0.0735. The number of carbonyl (C=O) groups excluding carboxylic acids is 1. The molecule has 0 spiro atoms. The maximum absolute atomic E-state index is 12.4. The van der Waals surface area contributed by atoms with E-state index < -0.39 is 0 Å². The van der Waals surface area contributed by atoms with Crippen molar-refractivity contribution in [1.82, 2.24) is 0 Å². The minimum Gasteiger partial charge on any atom is -0.423 e. The third-order valence-corrected chi connectivity index (χ3v) is 5.34. The number of ether oxygens (including phenoxy) is 1. The van der Waals surface area contributed by atoms with Gasteiger partial charge in [-0.1, -0.05) is 57.4 Å². The lowest BCUT2D eigenvalue weighted by atomic mass is 10.1. The summed E-state index contributed by atoms with van der Waals surface area (Å²) in [7, 11) is 0. The molecule has 0 radical (unpaired) electrons. The minimum atomic E-state index is -0.359. The molecule has 3 aromatic carbocycles. The smallest absolute Gasteiger partial charge is 0.343 e. The highest BCUT2D eigenvalue weighted by Crippen LogP contribution is 2.22. The molecule has 0 atom stereocenters. The Bertz CT molecular complexity index is 991. The zero-order valence-electron chi connectivity index (χ0n) is 19.1. The van der Waals surface area contributed by atoms with Crippen LogP contribution in [0.2, 0.25) is 0 Å². The summed E-state index contributed by atoms with van der Waals surface area (Å²) in [4.78, 5) is 12.4. The molecular weight excluding hydrogens is 396 g/mol. The van der Waals surface area contributed by atoms with Gasteiger partial charge in [0.1, 0.15) is 5.75 Å². The maximum atomic E-state index is 12.4. The van der Waals surface area contributed by atoms with Crippen LogP contribution in [0.5, 0.6) is 5.75 Å². The average molecular weight is 429 g/mol. The summed E-state index contributed by atoms with van der Waals surface area (Å²) in [5.41, 5.74) is 4.65. The van der Waals surface area contributed by atoms with Gasteiger partial charge in [-0.25, -0.2) is 4.79 Å². The maximum Gasteiger partial charge on any atom is 0.343 e. The summed E-state index contributed by atoms with van der Waals surface area (Å²) in [6.45, 7) is 4.39. The Hall–Kier alpha value is -3.27. The predicted molar refractivity (Wildman–Crippen MR) is 130 cm³/mol. The number of azo groups is 1. The summed E-state index contributed by atoms with van der Waals surface area (Å²) < 4.78 is 5.49. The average Bonchev–Trinajstić information content (AvgIpc) is 2.83. The van der Waals surface area contributed by atoms with E-state index in [1.165, 1.54) is 43.2 Å². The van der Waals surface area contributed by atoms with Crippen molar-refractivity contribution in [3.8, 4) is 5.75 Å². The van der Waals surface area contributed by atoms with E-state index in [2.05, 4.69) is 36.2 Å². The number of nitrogens with zero attached hydrogens (tertiary/aromatic N) is 2. The SMILES string of the molecule is CCCCCc1ccc(C(=O)Oc2ccc(N=Nc3ccc(CCCC)cc3)cc2)cc1. The Labute approximate surface area is 191 Å². The van der Waals surface area contributed by atoms with E-state index in [-0.39, 0.29) is 5.97 Å². The number of benzene rings is 3. The van der Waals surface area contributed by atoms with Gasteiger partial charge in [-0.05, 0) is 85.3 Å². The quantitative estimate of drug-likeness (QED) is 0.133. The van der Waals surface area contributed by atoms with Gasteiger partial charge in [0.2, 0.25) is 0 Å². The molecule has 0 unspecified atom stereocenters. The lowest BCUT2D eigenvalue weighted by Gasteiger charge is -2.06. The number of hydrogen-bond acceptors (Lipinski definition) is 4. The number of hydrogen-bond donors (Lipinski definition) is 0. The molecule has 0 aromatic heterocycles. The molecular formula is C28H32N2O2. The number of esters is 1. The fraction of sp³-hybridized carbons (Fsp3) is 0.321. The van der Waals surface area contributed by atoms with Crippen LogP contribution in [0, 0.1) is 0 Å². The van der Waals surface area contributed by atoms with Crippen molar-refractivity contribution in [3.63, 3.8) is 0 Å². The van der Waals surface area contributed by atoms with E-state index in [0.29, 0.717) is 17.0 Å². The van der Waals surface area contributed by atoms with Crippen LogP contribution >= 0.6 is 0 Å². The summed E-state index contributed by atoms with van der Waals surface area (Å²) in [5.74, 6) is 0.129. The van der Waals surface area contributed by atoms with E-state index >= 15 is 0 Å². The zero-order valence-corrected chi connectivity index (χ0v) is 19.1. The topological polar surface area (TPSA) is 51.0 Å². The molecule has 0 saturated heterocycles. The van der Waals surface area contributed by atoms with E-state index in [9.17, 15) is 4.79 Å². The zero-order chi connectivity index (χ0) is 22.6. The first-order valence-electron chi connectivity index (χ1n) is 11.6. The van der Waals surface area contributed by atoms with Gasteiger partial charge >= 0.3 is 5.97 Å². The summed E-state index contributed by atoms with van der Waals surface area (Å²) in [6.07, 6.45) is 8.13. The van der Waals surface area contributed by atoms with E-state index in [1.54, 1.807) is 24.3 Å². The monoisotopic (exact) mass is 428 g/mol. The normalized spacial score (nSPS) is 11.1. The van der Waals surface area contributed by atoms with Crippen LogP contribution in [-0.4, -0.2) is 5.97 Å². The molecule has 0 aliphatic heterocycles. The van der Waals surface area contributed by atoms with Crippen LogP contribution in [0.1, 0.15) is 67.4 Å². The van der Waals surface area contributed by atoms with Gasteiger partial charge in [0, 0.05) is 0 Å². The highest BCUT2D eigenvalue weighted by molar-refractivity contribution is 5.91. The molecule has 0 aliphatic rings. The van der Waals surface area contributed by atoms with Gasteiger partial charge in [0.25, 0.3) is 0 Å². The van der Waals surface area contributed by atoms with Crippen molar-refractivity contribution in [1.29, 1.82) is 0 Å². The minimum absolute atomic E-state index is 0.359. The first-order chi connectivity index (χ1) is 15.7. The number of rotatable bonds is 11. The fourth-order valence-corrected chi connectivity index (χ4v) is 3.36. The first-order valence-corrected chi connectivity index (χ1v) is 11.6. The molecule has 0 amide bonds. The van der Waals surface area contributed by atoms with Crippen LogP contribution in [0.4, 0.5) is 11.4 Å². The van der Waals surface area contributed by atoms with Crippen molar-refractivity contribution in [3.05, 3.63) is 89.5 Å². The molecule has 32 heavy (non-hydrogen) atoms. The Morgan fingerprint density at radius 3 is 1.72 bits per heavy atom. The van der Waals surface area contributed by atoms with E-state index in [0.717, 1.165) is 18.5 Å². The predicted octanol–water partition coefficient (Wildman–Crippen LogP) is 8.40. The highest BCUT2D eigenvalue weighted by atomic mass is 16.5. The molecule has 3 aromatic rings. The molecule has 0 heterocycles. The summed E-state index contributed by atoms with van der Waals surface area (Å²) >= 11 is 0. The molecule has 166 valence electrons. The van der Waals surface area contributed by atoms with Crippen molar-refractivity contribution in [2.24, 2.45) is 10.2 Å². The molecule has 3 rings (SSSR count). The second-order valence-electron chi connectivity index (χ2n) is 8.01. The third kappa shape index (κ3) is 7.45. The molecule has 4 heteroatoms. The highest BCUT2D eigenvalue weighted by Gasteiger charge is 2.08. The number of carbonyl (C=O) groups is 1. The molecule has 0 fully saturated rings. The number of aryl methyl sites for hydroxylation is 2. The van der Waals surface area contributed by atoms with Gasteiger partial charge in [0.15, 0.2) is 0 Å². The Morgan fingerprint density at radius 1 is 0.656 bits per heavy atom. The molecule has 0 bridgehead atoms. The largest absolute Gasteiger partial charge is 0.423 e. The molecule has 0 aliphatic carbocycles. The summed E-state index contributed by atoms with van der Waals surface area (Å²) in [6, 6.07) is 22.9. The van der Waals surface area contributed by atoms with Gasteiger partial charge in [-0.3, -0.25) is 0 Å². The van der Waals surface area contributed by atoms with Crippen LogP contribution in [0.25, 0.3) is 0 Å². The van der Waals surface area contributed by atoms with Gasteiger partial charge in [0.05, 0.1) is 16.9 Å². The van der Waals surface area contributed by atoms with Gasteiger partial charge < -0.3 is 4.74 Å². The Kier molecular flexibility index (Phi) is 9.18. The molecule has 4 nitrogen and oxygen atoms in total. The standard InChI is InChI=1S/C28H32N2O2/c1-3-5-7-9-23-10-14-24(15-11-23)28(31)32-27-20-18-26(19-21-27)30-29-25-16-12-22(13-17-25)8-6-4-2/h10-21H,3-9H2,1-2H3. The number of unbranched alkanes of at least 4 members (excludes halogenated alkanes) is 3. The fourth-order valence-electron chi connectivity index (χ4n) is 3.36. The van der Waals surface area contributed by atoms with Gasteiger partial charge in [-0.2, -0.15) is 10.2 Å². The van der Waals surface area contributed by atoms with Crippen molar-refractivity contribution in [2.75, 3.05) is 0 Å². The van der Waals surface area contributed by atoms with Crippen molar-refractivity contribution < 1.29 is 9.53 Å². The van der Waals surface area contributed by atoms with E-state index in [4.69, 9.17) is 4.74 Å². The van der Waals surface area contributed by atoms with Crippen LogP contribution in [0.3, 0.4) is 0 Å². The van der Waals surface area contributed by atoms with Crippen molar-refractivity contribution in [2.45, 2.75) is 58.8 Å². The Morgan fingerprint density at radius 2 is 1.16 bits per heavy atom. The molecule has 0 saturated carbocycles. The van der Waals surface area contributed by atoms with Crippen LogP contribution < -0.4 is 4.74 Å². The van der Waals surface area contributed by atoms with Gasteiger partial charge in [-0.15, -0.1) is 0 Å². The second-order valence-corrected chi connectivity index (χ2v) is 8.01. The van der Waals surface area contributed by atoms with Crippen LogP contribution in [-0.2, 0) is 12.8 Å². The second kappa shape index (κ2) is 12.6. The lowest BCUT2D eigenvalue weighted by Crippen LogP contribution is -2.08. The molecule has 0 N–H and O–H groups in total. The van der Waals surface area contributed by atoms with Crippen LogP contribution in [0.15, 0.2) is 83.0 Å². The third-order valence-electron chi connectivity index (χ3n) is 5.34. The van der Waals surface area contributed by atoms with Crippen molar-refractivity contribution >= 4 is 17.3 Å². The van der Waals surface area contributed by atoms with E-state index in [1.807, 2.05) is 36.4 Å². The first kappa shape index (κ1) is 23.4.